The molecule has 0 radical (unpaired) electrons. The van der Waals surface area contributed by atoms with Gasteiger partial charge >= 0.3 is 0 Å². The number of carbonyl (C=O) groups excluding carboxylic acids is 1. The van der Waals surface area contributed by atoms with Crippen LogP contribution in [0.1, 0.15) is 5.56 Å². The standard InChI is InChI=1S/C17H18ClN3O6S/c1-11-14(5-4-6-15(11)21(23)24)19-17(22)10-20(28(3,25)26)12-7-8-16(27-2)13(18)9-12/h4-9H,10H2,1-3H3,(H,19,22). The molecule has 0 fully saturated rings. The van der Waals surface area contributed by atoms with Crippen LogP contribution in [0.2, 0.25) is 5.02 Å². The average Bonchev–Trinajstić information content (AvgIpc) is 2.60. The molecule has 0 aromatic heterocycles. The molecule has 9 nitrogen and oxygen atoms in total. The van der Waals surface area contributed by atoms with Gasteiger partial charge in [-0.05, 0) is 31.2 Å². The van der Waals surface area contributed by atoms with Crippen molar-refractivity contribution in [1.29, 1.82) is 0 Å². The molecule has 0 saturated carbocycles. The lowest BCUT2D eigenvalue weighted by Crippen LogP contribution is -2.37. The summed E-state index contributed by atoms with van der Waals surface area (Å²) < 4.78 is 30.3. The number of hydrogen-bond donors (Lipinski definition) is 1. The Labute approximate surface area is 167 Å². The zero-order valence-electron chi connectivity index (χ0n) is 15.3. The van der Waals surface area contributed by atoms with Gasteiger partial charge in [-0.15, -0.1) is 0 Å². The van der Waals surface area contributed by atoms with E-state index < -0.39 is 27.4 Å². The molecular weight excluding hydrogens is 410 g/mol. The van der Waals surface area contributed by atoms with Crippen LogP contribution in [0, 0.1) is 17.0 Å². The van der Waals surface area contributed by atoms with Crippen molar-refractivity contribution >= 4 is 44.6 Å². The lowest BCUT2D eigenvalue weighted by Gasteiger charge is -2.22. The van der Waals surface area contributed by atoms with Crippen molar-refractivity contribution in [3.8, 4) is 5.75 Å². The molecule has 0 unspecified atom stereocenters. The number of benzene rings is 2. The van der Waals surface area contributed by atoms with Gasteiger partial charge in [-0.3, -0.25) is 19.2 Å². The third-order valence-electron chi connectivity index (χ3n) is 3.89. The molecule has 28 heavy (non-hydrogen) atoms. The van der Waals surface area contributed by atoms with E-state index in [4.69, 9.17) is 16.3 Å². The zero-order chi connectivity index (χ0) is 21.1. The fourth-order valence-electron chi connectivity index (χ4n) is 2.49. The maximum absolute atomic E-state index is 12.4. The number of nitro groups is 1. The van der Waals surface area contributed by atoms with Crippen molar-refractivity contribution in [2.24, 2.45) is 0 Å². The lowest BCUT2D eigenvalue weighted by molar-refractivity contribution is -0.385. The molecule has 0 bridgehead atoms. The highest BCUT2D eigenvalue weighted by Gasteiger charge is 2.23. The number of anilines is 2. The van der Waals surface area contributed by atoms with E-state index in [9.17, 15) is 23.3 Å². The summed E-state index contributed by atoms with van der Waals surface area (Å²) in [6, 6.07) is 8.55. The normalized spacial score (nSPS) is 11.0. The Morgan fingerprint density at radius 1 is 1.32 bits per heavy atom. The summed E-state index contributed by atoms with van der Waals surface area (Å²) in [5, 5.41) is 13.7. The monoisotopic (exact) mass is 427 g/mol. The van der Waals surface area contributed by atoms with Crippen LogP contribution in [-0.2, 0) is 14.8 Å². The van der Waals surface area contributed by atoms with Gasteiger partial charge in [-0.25, -0.2) is 8.42 Å². The number of rotatable bonds is 7. The molecule has 2 aromatic carbocycles. The first-order valence-corrected chi connectivity index (χ1v) is 10.1. The van der Waals surface area contributed by atoms with E-state index in [1.54, 1.807) is 0 Å². The Hall–Kier alpha value is -2.85. The molecule has 0 spiro atoms. The lowest BCUT2D eigenvalue weighted by atomic mass is 10.1. The number of nitro benzene ring substituents is 1. The zero-order valence-corrected chi connectivity index (χ0v) is 16.9. The third kappa shape index (κ3) is 4.90. The van der Waals surface area contributed by atoms with Gasteiger partial charge in [-0.1, -0.05) is 17.7 Å². The SMILES string of the molecule is COc1ccc(N(CC(=O)Nc2cccc([N+](=O)[O-])c2C)S(C)(=O)=O)cc1Cl. The molecule has 0 aliphatic carbocycles. The van der Waals surface area contributed by atoms with Crippen molar-refractivity contribution in [3.05, 3.63) is 57.1 Å². The summed E-state index contributed by atoms with van der Waals surface area (Å²) in [6.07, 6.45) is 0.955. The highest BCUT2D eigenvalue weighted by molar-refractivity contribution is 7.92. The highest BCUT2D eigenvalue weighted by Crippen LogP contribution is 2.30. The number of sulfonamides is 1. The number of ether oxygens (including phenoxy) is 1. The van der Waals surface area contributed by atoms with E-state index in [1.807, 2.05) is 0 Å². The van der Waals surface area contributed by atoms with Crippen LogP contribution in [0.4, 0.5) is 17.1 Å². The van der Waals surface area contributed by atoms with Gasteiger partial charge in [0.15, 0.2) is 0 Å². The maximum atomic E-state index is 12.4. The molecule has 150 valence electrons. The Balaban J connectivity index is 2.29. The maximum Gasteiger partial charge on any atom is 0.274 e. The number of nitrogens with zero attached hydrogens (tertiary/aromatic N) is 2. The Morgan fingerprint density at radius 2 is 2.00 bits per heavy atom. The summed E-state index contributed by atoms with van der Waals surface area (Å²) in [5.41, 5.74) is 0.513. The Morgan fingerprint density at radius 3 is 2.54 bits per heavy atom. The summed E-state index contributed by atoms with van der Waals surface area (Å²) in [5.74, 6) is -0.309. The van der Waals surface area contributed by atoms with E-state index in [-0.39, 0.29) is 27.6 Å². The fourth-order valence-corrected chi connectivity index (χ4v) is 3.59. The largest absolute Gasteiger partial charge is 0.495 e. The second-order valence-electron chi connectivity index (χ2n) is 5.84. The number of nitrogens with one attached hydrogen (secondary N) is 1. The minimum atomic E-state index is -3.81. The predicted molar refractivity (Wildman–Crippen MR) is 107 cm³/mol. The third-order valence-corrected chi connectivity index (χ3v) is 5.32. The van der Waals surface area contributed by atoms with Gasteiger partial charge in [-0.2, -0.15) is 0 Å². The molecule has 1 amide bonds. The molecular formula is C17H18ClN3O6S. The molecule has 0 atom stereocenters. The smallest absolute Gasteiger partial charge is 0.274 e. The number of halogens is 1. The second-order valence-corrected chi connectivity index (χ2v) is 8.16. The van der Waals surface area contributed by atoms with Crippen molar-refractivity contribution in [2.45, 2.75) is 6.92 Å². The predicted octanol–water partition coefficient (Wildman–Crippen LogP) is 2.97. The van der Waals surface area contributed by atoms with Crippen LogP contribution in [-0.4, -0.2) is 39.2 Å². The first-order chi connectivity index (χ1) is 13.0. The highest BCUT2D eigenvalue weighted by atomic mass is 35.5. The summed E-state index contributed by atoms with van der Waals surface area (Å²) in [6.45, 7) is 0.953. The minimum absolute atomic E-state index is 0.153. The first kappa shape index (κ1) is 21.5. The van der Waals surface area contributed by atoms with Gasteiger partial charge in [0.1, 0.15) is 12.3 Å². The second kappa shape index (κ2) is 8.44. The molecule has 0 aliphatic rings. The van der Waals surface area contributed by atoms with Gasteiger partial charge in [0.2, 0.25) is 15.9 Å². The molecule has 0 heterocycles. The fraction of sp³-hybridized carbons (Fsp3) is 0.235. The molecule has 2 aromatic rings. The van der Waals surface area contributed by atoms with Crippen molar-refractivity contribution in [1.82, 2.24) is 0 Å². The topological polar surface area (TPSA) is 119 Å². The summed E-state index contributed by atoms with van der Waals surface area (Å²) in [7, 11) is -2.39. The van der Waals surface area contributed by atoms with Crippen molar-refractivity contribution in [3.63, 3.8) is 0 Å². The van der Waals surface area contributed by atoms with Gasteiger partial charge in [0.05, 0.1) is 40.2 Å². The van der Waals surface area contributed by atoms with Crippen LogP contribution in [0.3, 0.4) is 0 Å². The first-order valence-electron chi connectivity index (χ1n) is 7.89. The Bertz CT molecular complexity index is 1030. The molecule has 2 rings (SSSR count). The van der Waals surface area contributed by atoms with Crippen molar-refractivity contribution < 1.29 is 22.9 Å². The van der Waals surface area contributed by atoms with Crippen LogP contribution >= 0.6 is 11.6 Å². The number of hydrogen-bond acceptors (Lipinski definition) is 6. The summed E-state index contributed by atoms with van der Waals surface area (Å²) >= 11 is 6.05. The van der Waals surface area contributed by atoms with E-state index in [0.29, 0.717) is 5.75 Å². The summed E-state index contributed by atoms with van der Waals surface area (Å²) in [4.78, 5) is 22.9. The number of methoxy groups -OCH3 is 1. The van der Waals surface area contributed by atoms with Gasteiger partial charge < -0.3 is 10.1 Å². The van der Waals surface area contributed by atoms with Gasteiger partial charge in [0, 0.05) is 6.07 Å². The van der Waals surface area contributed by atoms with Crippen molar-refractivity contribution in [2.75, 3.05) is 29.5 Å². The molecule has 1 N–H and O–H groups in total. The van der Waals surface area contributed by atoms with E-state index in [1.165, 1.54) is 50.4 Å². The van der Waals surface area contributed by atoms with Crippen LogP contribution in [0.5, 0.6) is 5.75 Å². The van der Waals surface area contributed by atoms with E-state index in [0.717, 1.165) is 10.6 Å². The van der Waals surface area contributed by atoms with Crippen LogP contribution < -0.4 is 14.4 Å². The van der Waals surface area contributed by atoms with Crippen LogP contribution in [0.25, 0.3) is 0 Å². The Kier molecular flexibility index (Phi) is 6.47. The molecule has 0 saturated heterocycles. The van der Waals surface area contributed by atoms with E-state index >= 15 is 0 Å². The molecule has 11 heteroatoms. The molecule has 0 aliphatic heterocycles. The number of amides is 1. The van der Waals surface area contributed by atoms with E-state index in [2.05, 4.69) is 5.32 Å². The average molecular weight is 428 g/mol. The quantitative estimate of drug-likeness (QED) is 0.536. The van der Waals surface area contributed by atoms with Crippen LogP contribution in [0.15, 0.2) is 36.4 Å². The van der Waals surface area contributed by atoms with Gasteiger partial charge in [0.25, 0.3) is 5.69 Å². The number of carbonyl (C=O) groups is 1. The minimum Gasteiger partial charge on any atom is -0.495 e.